The molecule has 26 heavy (non-hydrogen) atoms. The lowest BCUT2D eigenvalue weighted by Gasteiger charge is -2.12. The molecule has 5 heteroatoms. The number of hydrogen-bond donors (Lipinski definition) is 1. The maximum atomic E-state index is 11.6. The van der Waals surface area contributed by atoms with E-state index in [2.05, 4.69) is 6.07 Å². The maximum Gasteiger partial charge on any atom is 0.259 e. The highest BCUT2D eigenvalue weighted by atomic mass is 16.5. The number of phenolic OH excluding ortho intramolecular Hbond substituents is 1. The molecule has 0 bridgehead atoms. The second kappa shape index (κ2) is 7.35. The smallest absolute Gasteiger partial charge is 0.259 e. The van der Waals surface area contributed by atoms with Gasteiger partial charge in [0, 0.05) is 14.1 Å². The van der Waals surface area contributed by atoms with E-state index in [9.17, 15) is 9.90 Å². The van der Waals surface area contributed by atoms with Crippen molar-refractivity contribution in [3.05, 3.63) is 54.6 Å². The summed E-state index contributed by atoms with van der Waals surface area (Å²) in [5.41, 5.74) is 1.98. The predicted molar refractivity (Wildman–Crippen MR) is 102 cm³/mol. The van der Waals surface area contributed by atoms with Gasteiger partial charge in [0.15, 0.2) is 18.1 Å². The SMILES string of the molecule is COc1cc(-c2ccc3cc(OCC(=O)N(C)C)ccc3c2)ccc1O. The van der Waals surface area contributed by atoms with Crippen LogP contribution in [0.1, 0.15) is 0 Å². The molecule has 0 aromatic heterocycles. The van der Waals surface area contributed by atoms with Crippen LogP contribution in [-0.2, 0) is 4.79 Å². The van der Waals surface area contributed by atoms with Crippen LogP contribution >= 0.6 is 0 Å². The summed E-state index contributed by atoms with van der Waals surface area (Å²) in [7, 11) is 4.93. The number of methoxy groups -OCH3 is 1. The predicted octanol–water partition coefficient (Wildman–Crippen LogP) is 3.69. The van der Waals surface area contributed by atoms with Gasteiger partial charge in [0.1, 0.15) is 5.75 Å². The lowest BCUT2D eigenvalue weighted by molar-refractivity contribution is -0.130. The minimum absolute atomic E-state index is 0.0178. The first kappa shape index (κ1) is 17.6. The average Bonchev–Trinajstić information content (AvgIpc) is 2.65. The van der Waals surface area contributed by atoms with Crippen molar-refractivity contribution in [3.63, 3.8) is 0 Å². The van der Waals surface area contributed by atoms with Crippen molar-refractivity contribution >= 4 is 16.7 Å². The molecule has 0 radical (unpaired) electrons. The molecule has 0 spiro atoms. The summed E-state index contributed by atoms with van der Waals surface area (Å²) >= 11 is 0. The van der Waals surface area contributed by atoms with Crippen LogP contribution in [0.15, 0.2) is 54.6 Å². The summed E-state index contributed by atoms with van der Waals surface area (Å²) in [6, 6.07) is 17.1. The molecule has 0 aliphatic rings. The number of phenols is 1. The number of likely N-dealkylation sites (N-methyl/N-ethyl adjacent to an activating group) is 1. The van der Waals surface area contributed by atoms with Gasteiger partial charge in [0.2, 0.25) is 0 Å². The fourth-order valence-corrected chi connectivity index (χ4v) is 2.62. The van der Waals surface area contributed by atoms with Gasteiger partial charge in [-0.05, 0) is 52.2 Å². The zero-order valence-electron chi connectivity index (χ0n) is 15.0. The van der Waals surface area contributed by atoms with Crippen molar-refractivity contribution in [3.8, 4) is 28.4 Å². The van der Waals surface area contributed by atoms with E-state index in [1.165, 1.54) is 12.0 Å². The molecule has 5 nitrogen and oxygen atoms in total. The van der Waals surface area contributed by atoms with Crippen molar-refractivity contribution in [2.24, 2.45) is 0 Å². The first-order chi connectivity index (χ1) is 12.5. The van der Waals surface area contributed by atoms with Gasteiger partial charge in [-0.2, -0.15) is 0 Å². The van der Waals surface area contributed by atoms with Crippen LogP contribution in [0.25, 0.3) is 21.9 Å². The van der Waals surface area contributed by atoms with Crippen LogP contribution in [0.2, 0.25) is 0 Å². The van der Waals surface area contributed by atoms with Crippen LogP contribution in [-0.4, -0.2) is 43.7 Å². The summed E-state index contributed by atoms with van der Waals surface area (Å²) in [6.07, 6.45) is 0. The fourth-order valence-electron chi connectivity index (χ4n) is 2.62. The molecular formula is C21H21NO4. The monoisotopic (exact) mass is 351 g/mol. The lowest BCUT2D eigenvalue weighted by atomic mass is 10.0. The van der Waals surface area contributed by atoms with Gasteiger partial charge in [-0.1, -0.05) is 24.3 Å². The number of amides is 1. The van der Waals surface area contributed by atoms with E-state index in [-0.39, 0.29) is 18.3 Å². The van der Waals surface area contributed by atoms with Crippen molar-refractivity contribution < 1.29 is 19.4 Å². The molecule has 0 fully saturated rings. The molecule has 0 aliphatic carbocycles. The highest BCUT2D eigenvalue weighted by Crippen LogP contribution is 2.33. The third-order valence-electron chi connectivity index (χ3n) is 4.19. The maximum absolute atomic E-state index is 11.6. The highest BCUT2D eigenvalue weighted by molar-refractivity contribution is 5.88. The lowest BCUT2D eigenvalue weighted by Crippen LogP contribution is -2.27. The van der Waals surface area contributed by atoms with Crippen molar-refractivity contribution in [2.75, 3.05) is 27.8 Å². The Labute approximate surface area is 152 Å². The van der Waals surface area contributed by atoms with Gasteiger partial charge >= 0.3 is 0 Å². The third kappa shape index (κ3) is 3.72. The van der Waals surface area contributed by atoms with Gasteiger partial charge in [0.25, 0.3) is 5.91 Å². The Kier molecular flexibility index (Phi) is 4.98. The van der Waals surface area contributed by atoms with Crippen LogP contribution < -0.4 is 9.47 Å². The quantitative estimate of drug-likeness (QED) is 0.762. The molecule has 3 aromatic rings. The molecule has 0 saturated carbocycles. The topological polar surface area (TPSA) is 59.0 Å². The van der Waals surface area contributed by atoms with Gasteiger partial charge in [-0.25, -0.2) is 0 Å². The van der Waals surface area contributed by atoms with Gasteiger partial charge in [-0.15, -0.1) is 0 Å². The Bertz CT molecular complexity index is 950. The standard InChI is InChI=1S/C21H21NO4/c1-22(2)21(24)13-26-18-8-6-15-10-14(4-5-16(15)11-18)17-7-9-19(23)20(12-17)25-3/h4-12,23H,13H2,1-3H3. The molecule has 0 saturated heterocycles. The number of ether oxygens (including phenoxy) is 2. The first-order valence-electron chi connectivity index (χ1n) is 8.22. The van der Waals surface area contributed by atoms with Crippen LogP contribution in [0.4, 0.5) is 0 Å². The third-order valence-corrected chi connectivity index (χ3v) is 4.19. The number of aromatic hydroxyl groups is 1. The van der Waals surface area contributed by atoms with Crippen molar-refractivity contribution in [1.29, 1.82) is 0 Å². The minimum Gasteiger partial charge on any atom is -0.504 e. The number of nitrogens with zero attached hydrogens (tertiary/aromatic N) is 1. The Morgan fingerprint density at radius 3 is 2.35 bits per heavy atom. The van der Waals surface area contributed by atoms with E-state index in [0.717, 1.165) is 21.9 Å². The summed E-state index contributed by atoms with van der Waals surface area (Å²) in [5, 5.41) is 11.8. The molecule has 0 heterocycles. The number of benzene rings is 3. The summed E-state index contributed by atoms with van der Waals surface area (Å²) < 4.78 is 10.7. The number of carbonyl (C=O) groups is 1. The molecule has 0 aliphatic heterocycles. The number of hydrogen-bond acceptors (Lipinski definition) is 4. The Balaban J connectivity index is 1.86. The van der Waals surface area contributed by atoms with Crippen LogP contribution in [0, 0.1) is 0 Å². The van der Waals surface area contributed by atoms with Crippen molar-refractivity contribution in [1.82, 2.24) is 4.90 Å². The Morgan fingerprint density at radius 2 is 1.62 bits per heavy atom. The summed E-state index contributed by atoms with van der Waals surface area (Å²) in [6.45, 7) is 0.0178. The minimum atomic E-state index is -0.0817. The van der Waals surface area contributed by atoms with Gasteiger partial charge in [0.05, 0.1) is 7.11 Å². The molecule has 3 aromatic carbocycles. The summed E-state index contributed by atoms with van der Waals surface area (Å²) in [5.74, 6) is 1.14. The van der Waals surface area contributed by atoms with E-state index >= 15 is 0 Å². The van der Waals surface area contributed by atoms with Crippen LogP contribution in [0.5, 0.6) is 17.2 Å². The zero-order chi connectivity index (χ0) is 18.7. The first-order valence-corrected chi connectivity index (χ1v) is 8.22. The molecule has 0 unspecified atom stereocenters. The number of carbonyl (C=O) groups excluding carboxylic acids is 1. The Morgan fingerprint density at radius 1 is 0.962 bits per heavy atom. The van der Waals surface area contributed by atoms with Crippen molar-refractivity contribution in [2.45, 2.75) is 0 Å². The Hall–Kier alpha value is -3.21. The fraction of sp³-hybridized carbons (Fsp3) is 0.190. The van der Waals surface area contributed by atoms with E-state index in [4.69, 9.17) is 9.47 Å². The molecule has 134 valence electrons. The van der Waals surface area contributed by atoms with E-state index in [1.807, 2.05) is 36.4 Å². The average molecular weight is 351 g/mol. The van der Waals surface area contributed by atoms with Gasteiger partial charge < -0.3 is 19.5 Å². The second-order valence-electron chi connectivity index (χ2n) is 6.19. The van der Waals surface area contributed by atoms with Gasteiger partial charge in [-0.3, -0.25) is 4.79 Å². The molecule has 0 atom stereocenters. The second-order valence-corrected chi connectivity index (χ2v) is 6.19. The number of rotatable bonds is 5. The number of fused-ring (bicyclic) bond motifs is 1. The molecule has 1 amide bonds. The van der Waals surface area contributed by atoms with Crippen LogP contribution in [0.3, 0.4) is 0 Å². The van der Waals surface area contributed by atoms with E-state index in [0.29, 0.717) is 11.5 Å². The zero-order valence-corrected chi connectivity index (χ0v) is 15.0. The molecule has 1 N–H and O–H groups in total. The molecular weight excluding hydrogens is 330 g/mol. The van der Waals surface area contributed by atoms with E-state index < -0.39 is 0 Å². The highest BCUT2D eigenvalue weighted by Gasteiger charge is 2.08. The van der Waals surface area contributed by atoms with E-state index in [1.54, 1.807) is 26.2 Å². The summed E-state index contributed by atoms with van der Waals surface area (Å²) in [4.78, 5) is 13.1. The molecule has 3 rings (SSSR count). The largest absolute Gasteiger partial charge is 0.504 e. The normalized spacial score (nSPS) is 10.6.